The number of ether oxygens (including phenoxy) is 1. The molecule has 0 aromatic heterocycles. The second kappa shape index (κ2) is 7.17. The van der Waals surface area contributed by atoms with E-state index in [0.29, 0.717) is 6.04 Å². The summed E-state index contributed by atoms with van der Waals surface area (Å²) in [6.45, 7) is 12.3. The number of methoxy groups -OCH3 is 1. The summed E-state index contributed by atoms with van der Waals surface area (Å²) in [6, 6.07) is 6.73. The minimum atomic E-state index is 0.300. The van der Waals surface area contributed by atoms with E-state index in [-0.39, 0.29) is 0 Å². The second-order valence-corrected chi connectivity index (χ2v) is 6.52. The predicted molar refractivity (Wildman–Crippen MR) is 90.2 cm³/mol. The van der Waals surface area contributed by atoms with E-state index in [9.17, 15) is 0 Å². The Morgan fingerprint density at radius 1 is 1.29 bits per heavy atom. The lowest BCUT2D eigenvalue weighted by Crippen LogP contribution is -2.39. The minimum absolute atomic E-state index is 0.300. The molecule has 0 amide bonds. The average Bonchev–Trinajstić information content (AvgIpc) is 2.45. The molecule has 2 rings (SSSR count). The highest BCUT2D eigenvalue weighted by Gasteiger charge is 2.26. The van der Waals surface area contributed by atoms with Crippen molar-refractivity contribution in [2.45, 2.75) is 40.2 Å². The van der Waals surface area contributed by atoms with Gasteiger partial charge in [0.15, 0.2) is 0 Å². The first kappa shape index (κ1) is 16.2. The van der Waals surface area contributed by atoms with E-state index >= 15 is 0 Å². The van der Waals surface area contributed by atoms with Crippen LogP contribution >= 0.6 is 0 Å². The van der Waals surface area contributed by atoms with Gasteiger partial charge >= 0.3 is 0 Å². The Balaban J connectivity index is 2.37. The van der Waals surface area contributed by atoms with E-state index in [0.717, 1.165) is 37.2 Å². The van der Waals surface area contributed by atoms with Crippen molar-refractivity contribution in [1.29, 1.82) is 0 Å². The molecule has 0 radical (unpaired) electrons. The number of benzene rings is 1. The lowest BCUT2D eigenvalue weighted by molar-refractivity contribution is 0.354. The summed E-state index contributed by atoms with van der Waals surface area (Å²) in [5.74, 6) is 2.50. The summed E-state index contributed by atoms with van der Waals surface area (Å²) < 4.78 is 5.63. The van der Waals surface area contributed by atoms with E-state index in [1.54, 1.807) is 7.11 Å². The second-order valence-electron chi connectivity index (χ2n) is 6.52. The van der Waals surface area contributed by atoms with Crippen LogP contribution in [0.4, 0.5) is 5.69 Å². The third-order valence-electron chi connectivity index (χ3n) is 4.42. The third kappa shape index (κ3) is 3.70. The molecule has 1 fully saturated rings. The van der Waals surface area contributed by atoms with Gasteiger partial charge in [0.25, 0.3) is 0 Å². The molecule has 3 unspecified atom stereocenters. The van der Waals surface area contributed by atoms with Crippen molar-refractivity contribution in [1.82, 2.24) is 5.32 Å². The Bertz CT molecular complexity index is 451. The fourth-order valence-corrected chi connectivity index (χ4v) is 3.69. The Kier molecular flexibility index (Phi) is 5.51. The minimum Gasteiger partial charge on any atom is -0.496 e. The SMILES string of the molecule is CCNC(C)c1c(OC)cccc1N1CC(C)CC(C)C1. The highest BCUT2D eigenvalue weighted by atomic mass is 16.5. The molecule has 21 heavy (non-hydrogen) atoms. The van der Waals surface area contributed by atoms with Gasteiger partial charge in [-0.3, -0.25) is 0 Å². The Labute approximate surface area is 129 Å². The van der Waals surface area contributed by atoms with Crippen LogP contribution in [-0.2, 0) is 0 Å². The van der Waals surface area contributed by atoms with Crippen LogP contribution in [0, 0.1) is 11.8 Å². The Hall–Kier alpha value is -1.22. The molecule has 1 aliphatic rings. The Morgan fingerprint density at radius 3 is 2.52 bits per heavy atom. The van der Waals surface area contributed by atoms with Crippen LogP contribution in [-0.4, -0.2) is 26.7 Å². The molecule has 1 aliphatic heterocycles. The van der Waals surface area contributed by atoms with Crippen molar-refractivity contribution in [2.24, 2.45) is 11.8 Å². The normalized spacial score (nSPS) is 24.0. The van der Waals surface area contributed by atoms with Gasteiger partial charge in [-0.1, -0.05) is 26.8 Å². The van der Waals surface area contributed by atoms with Gasteiger partial charge in [-0.15, -0.1) is 0 Å². The zero-order chi connectivity index (χ0) is 15.4. The molecule has 0 saturated carbocycles. The first-order chi connectivity index (χ1) is 10.1. The standard InChI is InChI=1S/C18H30N2O/c1-6-19-15(4)18-16(8-7-9-17(18)21-5)20-11-13(2)10-14(3)12-20/h7-9,13-15,19H,6,10-12H2,1-5H3. The summed E-state index contributed by atoms with van der Waals surface area (Å²) in [4.78, 5) is 2.55. The highest BCUT2D eigenvalue weighted by molar-refractivity contribution is 5.61. The highest BCUT2D eigenvalue weighted by Crippen LogP contribution is 2.37. The molecule has 3 heteroatoms. The van der Waals surface area contributed by atoms with Crippen LogP contribution in [0.1, 0.15) is 45.7 Å². The number of piperidine rings is 1. The van der Waals surface area contributed by atoms with Crippen molar-refractivity contribution in [3.63, 3.8) is 0 Å². The smallest absolute Gasteiger partial charge is 0.125 e. The van der Waals surface area contributed by atoms with E-state index in [1.165, 1.54) is 17.7 Å². The summed E-state index contributed by atoms with van der Waals surface area (Å²) in [6.07, 6.45) is 1.33. The van der Waals surface area contributed by atoms with Gasteiger partial charge in [-0.2, -0.15) is 0 Å². The zero-order valence-electron chi connectivity index (χ0n) is 14.1. The molecule has 118 valence electrons. The van der Waals surface area contributed by atoms with Crippen LogP contribution < -0.4 is 15.0 Å². The van der Waals surface area contributed by atoms with Gasteiger partial charge in [0, 0.05) is 30.4 Å². The maximum Gasteiger partial charge on any atom is 0.125 e. The largest absolute Gasteiger partial charge is 0.496 e. The summed E-state index contributed by atoms with van der Waals surface area (Å²) in [5.41, 5.74) is 2.63. The number of rotatable bonds is 5. The van der Waals surface area contributed by atoms with Gasteiger partial charge in [-0.05, 0) is 43.9 Å². The van der Waals surface area contributed by atoms with Gasteiger partial charge < -0.3 is 15.0 Å². The fraction of sp³-hybridized carbons (Fsp3) is 0.667. The molecular weight excluding hydrogens is 260 g/mol. The van der Waals surface area contributed by atoms with Gasteiger partial charge in [0.2, 0.25) is 0 Å². The van der Waals surface area contributed by atoms with Crippen molar-refractivity contribution in [3.05, 3.63) is 23.8 Å². The number of nitrogens with zero attached hydrogens (tertiary/aromatic N) is 1. The number of hydrogen-bond acceptors (Lipinski definition) is 3. The van der Waals surface area contributed by atoms with Crippen LogP contribution in [0.15, 0.2) is 18.2 Å². The van der Waals surface area contributed by atoms with E-state index in [2.05, 4.69) is 56.1 Å². The number of anilines is 1. The fourth-order valence-electron chi connectivity index (χ4n) is 3.69. The molecule has 1 aromatic carbocycles. The molecular formula is C18H30N2O. The molecule has 0 spiro atoms. The zero-order valence-corrected chi connectivity index (χ0v) is 14.1. The van der Waals surface area contributed by atoms with Gasteiger partial charge in [0.05, 0.1) is 7.11 Å². The van der Waals surface area contributed by atoms with Crippen molar-refractivity contribution in [2.75, 3.05) is 31.6 Å². The Morgan fingerprint density at radius 2 is 1.95 bits per heavy atom. The summed E-state index contributed by atoms with van der Waals surface area (Å²) >= 11 is 0. The molecule has 1 aromatic rings. The van der Waals surface area contributed by atoms with Crippen LogP contribution in [0.3, 0.4) is 0 Å². The van der Waals surface area contributed by atoms with E-state index < -0.39 is 0 Å². The molecule has 3 atom stereocenters. The molecule has 1 heterocycles. The van der Waals surface area contributed by atoms with Crippen molar-refractivity contribution in [3.8, 4) is 5.75 Å². The first-order valence-corrected chi connectivity index (χ1v) is 8.22. The van der Waals surface area contributed by atoms with E-state index in [4.69, 9.17) is 4.74 Å². The third-order valence-corrected chi connectivity index (χ3v) is 4.42. The monoisotopic (exact) mass is 290 g/mol. The van der Waals surface area contributed by atoms with E-state index in [1.807, 2.05) is 0 Å². The molecule has 1 N–H and O–H groups in total. The molecule has 1 saturated heterocycles. The van der Waals surface area contributed by atoms with Crippen LogP contribution in [0.5, 0.6) is 5.75 Å². The summed E-state index contributed by atoms with van der Waals surface area (Å²) in [7, 11) is 1.77. The average molecular weight is 290 g/mol. The number of nitrogens with one attached hydrogen (secondary N) is 1. The molecule has 0 bridgehead atoms. The maximum absolute atomic E-state index is 5.63. The van der Waals surface area contributed by atoms with Gasteiger partial charge in [-0.25, -0.2) is 0 Å². The van der Waals surface area contributed by atoms with Crippen LogP contribution in [0.25, 0.3) is 0 Å². The van der Waals surface area contributed by atoms with Crippen molar-refractivity contribution < 1.29 is 4.74 Å². The molecule has 3 nitrogen and oxygen atoms in total. The lowest BCUT2D eigenvalue weighted by atomic mass is 9.90. The molecule has 0 aliphatic carbocycles. The topological polar surface area (TPSA) is 24.5 Å². The first-order valence-electron chi connectivity index (χ1n) is 8.22. The van der Waals surface area contributed by atoms with Crippen LogP contribution in [0.2, 0.25) is 0 Å². The predicted octanol–water partition coefficient (Wildman–Crippen LogP) is 3.85. The quantitative estimate of drug-likeness (QED) is 0.891. The maximum atomic E-state index is 5.63. The van der Waals surface area contributed by atoms with Crippen molar-refractivity contribution >= 4 is 5.69 Å². The summed E-state index contributed by atoms with van der Waals surface area (Å²) in [5, 5.41) is 3.53. The lowest BCUT2D eigenvalue weighted by Gasteiger charge is -2.38. The van der Waals surface area contributed by atoms with Gasteiger partial charge in [0.1, 0.15) is 5.75 Å². The number of hydrogen-bond donors (Lipinski definition) is 1.